The molecule has 0 saturated carbocycles. The lowest BCUT2D eigenvalue weighted by molar-refractivity contribution is 0.0952. The number of benzene rings is 1. The number of carbonyl (C=O) groups excluding carboxylic acids is 1. The first-order chi connectivity index (χ1) is 11.3. The summed E-state index contributed by atoms with van der Waals surface area (Å²) in [5.74, 6) is 0.437. The van der Waals surface area contributed by atoms with Crippen LogP contribution in [0, 0.1) is 0 Å². The molecule has 0 saturated heterocycles. The lowest BCUT2D eigenvalue weighted by Gasteiger charge is -2.04. The van der Waals surface area contributed by atoms with Crippen LogP contribution in [-0.2, 0) is 6.54 Å². The van der Waals surface area contributed by atoms with Crippen LogP contribution in [0.3, 0.4) is 0 Å². The quantitative estimate of drug-likeness (QED) is 0.777. The normalized spacial score (nSPS) is 10.3. The average molecular weight is 324 g/mol. The molecule has 0 aliphatic rings. The van der Waals surface area contributed by atoms with Gasteiger partial charge in [-0.05, 0) is 23.8 Å². The van der Waals surface area contributed by atoms with E-state index in [1.807, 2.05) is 54.6 Å². The first-order valence-electron chi connectivity index (χ1n) is 7.19. The van der Waals surface area contributed by atoms with Crippen LogP contribution in [0.15, 0.2) is 60.8 Å². The topological polar surface area (TPSA) is 51.2 Å². The molecular weight excluding hydrogens is 308 g/mol. The van der Waals surface area contributed by atoms with E-state index in [0.717, 1.165) is 16.1 Å². The Balaban J connectivity index is 1.79. The second-order valence-electron chi connectivity index (χ2n) is 4.88. The molecule has 0 radical (unpaired) electrons. The minimum absolute atomic E-state index is 0.153. The highest BCUT2D eigenvalue weighted by Crippen LogP contribution is 2.36. The molecule has 3 aromatic rings. The monoisotopic (exact) mass is 324 g/mol. The van der Waals surface area contributed by atoms with Crippen LogP contribution >= 0.6 is 11.3 Å². The summed E-state index contributed by atoms with van der Waals surface area (Å²) in [4.78, 5) is 18.2. The number of nitrogens with one attached hydrogen (secondary N) is 1. The van der Waals surface area contributed by atoms with Gasteiger partial charge in [-0.1, -0.05) is 36.4 Å². The fourth-order valence-electron chi connectivity index (χ4n) is 2.18. The molecule has 116 valence electrons. The van der Waals surface area contributed by atoms with Crippen molar-refractivity contribution >= 4 is 17.2 Å². The maximum Gasteiger partial charge on any atom is 0.265 e. The average Bonchev–Trinajstić information content (AvgIpc) is 3.06. The van der Waals surface area contributed by atoms with Crippen LogP contribution in [0.25, 0.3) is 10.4 Å². The van der Waals surface area contributed by atoms with Gasteiger partial charge < -0.3 is 10.1 Å². The predicted molar refractivity (Wildman–Crippen MR) is 91.7 cm³/mol. The van der Waals surface area contributed by atoms with Gasteiger partial charge in [0.2, 0.25) is 0 Å². The van der Waals surface area contributed by atoms with E-state index in [-0.39, 0.29) is 5.91 Å². The molecule has 23 heavy (non-hydrogen) atoms. The molecule has 1 amide bonds. The molecule has 0 atom stereocenters. The Labute approximate surface area is 138 Å². The van der Waals surface area contributed by atoms with E-state index in [1.54, 1.807) is 13.3 Å². The maximum atomic E-state index is 12.4. The van der Waals surface area contributed by atoms with Crippen LogP contribution in [-0.4, -0.2) is 18.0 Å². The van der Waals surface area contributed by atoms with Crippen LogP contribution in [0.1, 0.15) is 15.4 Å². The van der Waals surface area contributed by atoms with Crippen molar-refractivity contribution in [1.29, 1.82) is 0 Å². The Morgan fingerprint density at radius 1 is 1.17 bits per heavy atom. The molecule has 0 spiro atoms. The molecule has 3 rings (SSSR count). The summed E-state index contributed by atoms with van der Waals surface area (Å²) in [5, 5.41) is 2.88. The van der Waals surface area contributed by atoms with Crippen molar-refractivity contribution < 1.29 is 9.53 Å². The number of ether oxygens (including phenoxy) is 1. The third kappa shape index (κ3) is 3.57. The lowest BCUT2D eigenvalue weighted by Crippen LogP contribution is -2.22. The fraction of sp³-hybridized carbons (Fsp3) is 0.111. The van der Waals surface area contributed by atoms with E-state index < -0.39 is 0 Å². The minimum atomic E-state index is -0.153. The fourth-order valence-corrected chi connectivity index (χ4v) is 3.23. The number of aromatic nitrogens is 1. The summed E-state index contributed by atoms with van der Waals surface area (Å²) in [6, 6.07) is 17.5. The number of pyridine rings is 1. The zero-order chi connectivity index (χ0) is 16.1. The van der Waals surface area contributed by atoms with Gasteiger partial charge in [0.05, 0.1) is 19.3 Å². The van der Waals surface area contributed by atoms with Crippen molar-refractivity contribution in [1.82, 2.24) is 10.3 Å². The number of hydrogen-bond acceptors (Lipinski definition) is 4. The van der Waals surface area contributed by atoms with Gasteiger partial charge >= 0.3 is 0 Å². The number of carbonyl (C=O) groups is 1. The summed E-state index contributed by atoms with van der Waals surface area (Å²) >= 11 is 1.42. The number of amides is 1. The Kier molecular flexibility index (Phi) is 4.68. The van der Waals surface area contributed by atoms with Crippen molar-refractivity contribution in [3.8, 4) is 16.2 Å². The number of thiophene rings is 1. The highest BCUT2D eigenvalue weighted by Gasteiger charge is 2.17. The second kappa shape index (κ2) is 7.07. The molecule has 0 aliphatic heterocycles. The highest BCUT2D eigenvalue weighted by molar-refractivity contribution is 7.17. The first-order valence-corrected chi connectivity index (χ1v) is 8.01. The van der Waals surface area contributed by atoms with Crippen molar-refractivity contribution in [2.24, 2.45) is 0 Å². The van der Waals surface area contributed by atoms with Gasteiger partial charge in [0.1, 0.15) is 10.6 Å². The number of methoxy groups -OCH3 is 1. The van der Waals surface area contributed by atoms with E-state index in [1.165, 1.54) is 11.3 Å². The predicted octanol–water partition coefficient (Wildman–Crippen LogP) is 3.75. The van der Waals surface area contributed by atoms with Gasteiger partial charge in [-0.2, -0.15) is 0 Å². The molecule has 0 bridgehead atoms. The lowest BCUT2D eigenvalue weighted by atomic mass is 10.2. The molecule has 1 aromatic carbocycles. The van der Waals surface area contributed by atoms with E-state index >= 15 is 0 Å². The van der Waals surface area contributed by atoms with Crippen molar-refractivity contribution in [2.75, 3.05) is 7.11 Å². The Morgan fingerprint density at radius 2 is 1.96 bits per heavy atom. The zero-order valence-electron chi connectivity index (χ0n) is 12.7. The molecule has 5 heteroatoms. The van der Waals surface area contributed by atoms with Crippen molar-refractivity contribution in [3.05, 3.63) is 71.4 Å². The SMILES string of the molecule is COc1cc(-c2ccccc2)sc1C(=O)NCc1ccccn1. The minimum Gasteiger partial charge on any atom is -0.495 e. The van der Waals surface area contributed by atoms with Crippen LogP contribution in [0.5, 0.6) is 5.75 Å². The molecular formula is C18H16N2O2S. The molecule has 4 nitrogen and oxygen atoms in total. The summed E-state index contributed by atoms with van der Waals surface area (Å²) in [7, 11) is 1.58. The Hall–Kier alpha value is -2.66. The van der Waals surface area contributed by atoms with Crippen LogP contribution in [0.4, 0.5) is 0 Å². The van der Waals surface area contributed by atoms with Gasteiger partial charge in [-0.15, -0.1) is 11.3 Å². The molecule has 2 aromatic heterocycles. The molecule has 0 fully saturated rings. The first kappa shape index (κ1) is 15.2. The van der Waals surface area contributed by atoms with Gasteiger partial charge in [0.25, 0.3) is 5.91 Å². The summed E-state index contributed by atoms with van der Waals surface area (Å²) in [5.41, 5.74) is 1.89. The van der Waals surface area contributed by atoms with E-state index in [4.69, 9.17) is 4.74 Å². The number of nitrogens with zero attached hydrogens (tertiary/aromatic N) is 1. The van der Waals surface area contributed by atoms with E-state index in [0.29, 0.717) is 17.2 Å². The van der Waals surface area contributed by atoms with Crippen LogP contribution in [0.2, 0.25) is 0 Å². The second-order valence-corrected chi connectivity index (χ2v) is 5.93. The van der Waals surface area contributed by atoms with E-state index in [9.17, 15) is 4.79 Å². The number of hydrogen-bond donors (Lipinski definition) is 1. The summed E-state index contributed by atoms with van der Waals surface area (Å²) < 4.78 is 5.35. The standard InChI is InChI=1S/C18H16N2O2S/c1-22-15-11-16(13-7-3-2-4-8-13)23-17(15)18(21)20-12-14-9-5-6-10-19-14/h2-11H,12H2,1H3,(H,20,21). The van der Waals surface area contributed by atoms with Crippen LogP contribution < -0.4 is 10.1 Å². The van der Waals surface area contributed by atoms with Gasteiger partial charge in [0, 0.05) is 11.1 Å². The summed E-state index contributed by atoms with van der Waals surface area (Å²) in [6.45, 7) is 0.390. The van der Waals surface area contributed by atoms with Gasteiger partial charge in [-0.3, -0.25) is 9.78 Å². The van der Waals surface area contributed by atoms with Crippen molar-refractivity contribution in [2.45, 2.75) is 6.54 Å². The smallest absolute Gasteiger partial charge is 0.265 e. The zero-order valence-corrected chi connectivity index (χ0v) is 13.5. The molecule has 0 unspecified atom stereocenters. The molecule has 0 aliphatic carbocycles. The largest absolute Gasteiger partial charge is 0.495 e. The maximum absolute atomic E-state index is 12.4. The third-order valence-electron chi connectivity index (χ3n) is 3.34. The summed E-state index contributed by atoms with van der Waals surface area (Å²) in [6.07, 6.45) is 1.71. The number of rotatable bonds is 5. The van der Waals surface area contributed by atoms with E-state index in [2.05, 4.69) is 10.3 Å². The van der Waals surface area contributed by atoms with Gasteiger partial charge in [0.15, 0.2) is 0 Å². The Bertz CT molecular complexity index is 785. The van der Waals surface area contributed by atoms with Crippen molar-refractivity contribution in [3.63, 3.8) is 0 Å². The van der Waals surface area contributed by atoms with Gasteiger partial charge in [-0.25, -0.2) is 0 Å². The molecule has 1 N–H and O–H groups in total. The Morgan fingerprint density at radius 3 is 2.65 bits per heavy atom. The highest BCUT2D eigenvalue weighted by atomic mass is 32.1. The third-order valence-corrected chi connectivity index (χ3v) is 4.50. The molecule has 2 heterocycles.